The monoisotopic (exact) mass is 502 g/mol. The highest BCUT2D eigenvalue weighted by molar-refractivity contribution is 5.90. The van der Waals surface area contributed by atoms with E-state index in [4.69, 9.17) is 9.94 Å². The zero-order valence-corrected chi connectivity index (χ0v) is 21.0. The number of hydrogen-bond acceptors (Lipinski definition) is 5. The normalized spacial score (nSPS) is 17.8. The number of H-pyrrole nitrogens is 1. The maximum Gasteiger partial charge on any atom is 0.267 e. The number of aryl methyl sites for hydroxylation is 1. The summed E-state index contributed by atoms with van der Waals surface area (Å²) in [5.74, 6) is -0.375. The van der Waals surface area contributed by atoms with Gasteiger partial charge < -0.3 is 14.6 Å². The minimum Gasteiger partial charge on any atom is -0.379 e. The number of amides is 2. The van der Waals surface area contributed by atoms with E-state index in [2.05, 4.69) is 45.2 Å². The lowest BCUT2D eigenvalue weighted by atomic mass is 10.0. The van der Waals surface area contributed by atoms with Crippen molar-refractivity contribution in [3.05, 3.63) is 77.0 Å². The van der Waals surface area contributed by atoms with Crippen molar-refractivity contribution < 1.29 is 19.5 Å². The van der Waals surface area contributed by atoms with Crippen LogP contribution in [0.15, 0.2) is 54.7 Å². The van der Waals surface area contributed by atoms with Crippen molar-refractivity contribution in [2.24, 2.45) is 0 Å². The van der Waals surface area contributed by atoms with Crippen LogP contribution in [-0.2, 0) is 27.2 Å². The SMILES string of the molecule is O=C(/C=C/c1ccc2c(c1)CCC2N(CCc1c[nH]c2ccccc12)C(=O)CCN1CCOCC1)NO. The van der Waals surface area contributed by atoms with E-state index < -0.39 is 5.91 Å². The largest absolute Gasteiger partial charge is 0.379 e. The minimum atomic E-state index is -0.562. The Morgan fingerprint density at radius 2 is 2.03 bits per heavy atom. The fraction of sp³-hybridized carbons (Fsp3) is 0.379. The van der Waals surface area contributed by atoms with Crippen LogP contribution in [0.4, 0.5) is 0 Å². The van der Waals surface area contributed by atoms with Crippen LogP contribution in [0.1, 0.15) is 41.1 Å². The molecule has 1 aliphatic carbocycles. The van der Waals surface area contributed by atoms with Gasteiger partial charge in [-0.05, 0) is 53.7 Å². The molecule has 1 aliphatic heterocycles. The van der Waals surface area contributed by atoms with Crippen LogP contribution in [0.5, 0.6) is 0 Å². The Labute approximate surface area is 216 Å². The first kappa shape index (κ1) is 25.2. The van der Waals surface area contributed by atoms with Gasteiger partial charge in [0.05, 0.1) is 19.3 Å². The number of fused-ring (bicyclic) bond motifs is 2. The van der Waals surface area contributed by atoms with Gasteiger partial charge in [-0.15, -0.1) is 0 Å². The number of hydroxylamine groups is 1. The van der Waals surface area contributed by atoms with Crippen LogP contribution in [0, 0.1) is 0 Å². The Balaban J connectivity index is 1.34. The molecule has 1 aromatic heterocycles. The van der Waals surface area contributed by atoms with E-state index in [0.717, 1.165) is 63.2 Å². The molecule has 0 bridgehead atoms. The smallest absolute Gasteiger partial charge is 0.267 e. The number of carbonyl (C=O) groups is 2. The number of carbonyl (C=O) groups excluding carboxylic acids is 2. The number of aromatic nitrogens is 1. The second-order valence-electron chi connectivity index (χ2n) is 9.72. The summed E-state index contributed by atoms with van der Waals surface area (Å²) in [7, 11) is 0. The fourth-order valence-corrected chi connectivity index (χ4v) is 5.51. The highest BCUT2D eigenvalue weighted by Gasteiger charge is 2.31. The third kappa shape index (κ3) is 5.93. The van der Waals surface area contributed by atoms with Crippen LogP contribution >= 0.6 is 0 Å². The van der Waals surface area contributed by atoms with E-state index in [1.54, 1.807) is 11.6 Å². The second kappa shape index (κ2) is 11.7. The molecular formula is C29H34N4O4. The summed E-state index contributed by atoms with van der Waals surface area (Å²) >= 11 is 0. The molecule has 3 aromatic rings. The molecule has 2 aliphatic rings. The highest BCUT2D eigenvalue weighted by Crippen LogP contribution is 2.37. The van der Waals surface area contributed by atoms with Crippen molar-refractivity contribution in [3.63, 3.8) is 0 Å². The number of aromatic amines is 1. The predicted octanol–water partition coefficient (Wildman–Crippen LogP) is 3.47. The number of hydrogen-bond donors (Lipinski definition) is 3. The average Bonchev–Trinajstić information content (AvgIpc) is 3.55. The summed E-state index contributed by atoms with van der Waals surface area (Å²) in [6.07, 6.45) is 8.10. The molecule has 0 radical (unpaired) electrons. The quantitative estimate of drug-likeness (QED) is 0.237. The number of rotatable bonds is 9. The first-order valence-electron chi connectivity index (χ1n) is 13.0. The van der Waals surface area contributed by atoms with Gasteiger partial charge in [-0.2, -0.15) is 0 Å². The third-order valence-electron chi connectivity index (χ3n) is 7.49. The Hall–Kier alpha value is -3.46. The van der Waals surface area contributed by atoms with E-state index >= 15 is 0 Å². The highest BCUT2D eigenvalue weighted by atomic mass is 16.5. The maximum absolute atomic E-state index is 13.7. The summed E-state index contributed by atoms with van der Waals surface area (Å²) in [4.78, 5) is 32.8. The van der Waals surface area contributed by atoms with Crippen molar-refractivity contribution in [1.29, 1.82) is 0 Å². The molecule has 0 saturated carbocycles. The molecule has 1 unspecified atom stereocenters. The molecule has 2 amide bonds. The van der Waals surface area contributed by atoms with Gasteiger partial charge in [-0.1, -0.05) is 36.4 Å². The van der Waals surface area contributed by atoms with Crippen LogP contribution in [0.3, 0.4) is 0 Å². The van der Waals surface area contributed by atoms with Gasteiger partial charge in [0.25, 0.3) is 5.91 Å². The number of nitrogens with one attached hydrogen (secondary N) is 2. The molecule has 3 N–H and O–H groups in total. The molecule has 8 nitrogen and oxygen atoms in total. The van der Waals surface area contributed by atoms with E-state index in [9.17, 15) is 9.59 Å². The lowest BCUT2D eigenvalue weighted by molar-refractivity contribution is -0.134. The average molecular weight is 503 g/mol. The molecular weight excluding hydrogens is 468 g/mol. The molecule has 8 heteroatoms. The van der Waals surface area contributed by atoms with Gasteiger partial charge >= 0.3 is 0 Å². The summed E-state index contributed by atoms with van der Waals surface area (Å²) in [5, 5.41) is 9.93. The number of benzene rings is 2. The van der Waals surface area contributed by atoms with Crippen molar-refractivity contribution in [2.45, 2.75) is 31.7 Å². The summed E-state index contributed by atoms with van der Waals surface area (Å²) in [5.41, 5.74) is 7.23. The molecule has 1 saturated heterocycles. The molecule has 194 valence electrons. The van der Waals surface area contributed by atoms with Crippen LogP contribution in [-0.4, -0.2) is 71.2 Å². The topological polar surface area (TPSA) is 97.9 Å². The van der Waals surface area contributed by atoms with Crippen molar-refractivity contribution in [1.82, 2.24) is 20.3 Å². The minimum absolute atomic E-state index is 0.0381. The molecule has 1 atom stereocenters. The summed E-state index contributed by atoms with van der Waals surface area (Å²) in [6, 6.07) is 14.4. The van der Waals surface area contributed by atoms with Crippen LogP contribution < -0.4 is 5.48 Å². The van der Waals surface area contributed by atoms with E-state index in [-0.39, 0.29) is 11.9 Å². The Bertz CT molecular complexity index is 1280. The number of ether oxygens (including phenoxy) is 1. The third-order valence-corrected chi connectivity index (χ3v) is 7.49. The van der Waals surface area contributed by atoms with Crippen molar-refractivity contribution >= 4 is 28.8 Å². The molecule has 0 spiro atoms. The van der Waals surface area contributed by atoms with Crippen LogP contribution in [0.25, 0.3) is 17.0 Å². The van der Waals surface area contributed by atoms with Gasteiger partial charge in [-0.25, -0.2) is 5.48 Å². The van der Waals surface area contributed by atoms with Crippen LogP contribution in [0.2, 0.25) is 0 Å². The fourth-order valence-electron chi connectivity index (χ4n) is 5.51. The summed E-state index contributed by atoms with van der Waals surface area (Å²) < 4.78 is 5.46. The van der Waals surface area contributed by atoms with Gasteiger partial charge in [0.15, 0.2) is 0 Å². The standard InChI is InChI=1S/C29H34N4O4/c34-28(31-36)10-6-21-5-8-25-22(19-21)7-9-27(25)33(29(35)12-13-32-15-17-37-18-16-32)14-11-23-20-30-26-4-2-1-3-24(23)26/h1-6,8,10,19-20,27,30,36H,7,9,11-18H2,(H,31,34)/b10-6+. The molecule has 37 heavy (non-hydrogen) atoms. The Morgan fingerprint density at radius 3 is 2.86 bits per heavy atom. The maximum atomic E-state index is 13.7. The lowest BCUT2D eigenvalue weighted by Gasteiger charge is -2.32. The van der Waals surface area contributed by atoms with Gasteiger partial charge in [0, 0.05) is 55.8 Å². The van der Waals surface area contributed by atoms with E-state index in [1.807, 2.05) is 18.2 Å². The number of morpholine rings is 1. The zero-order chi connectivity index (χ0) is 25.6. The van der Waals surface area contributed by atoms with E-state index in [1.165, 1.54) is 28.2 Å². The first-order valence-corrected chi connectivity index (χ1v) is 13.0. The number of nitrogens with zero attached hydrogens (tertiary/aromatic N) is 2. The molecule has 5 rings (SSSR count). The Morgan fingerprint density at radius 1 is 1.19 bits per heavy atom. The predicted molar refractivity (Wildman–Crippen MR) is 142 cm³/mol. The van der Waals surface area contributed by atoms with Crippen molar-refractivity contribution in [2.75, 3.05) is 39.4 Å². The molecule has 2 aromatic carbocycles. The molecule has 1 fully saturated rings. The first-order chi connectivity index (χ1) is 18.1. The Kier molecular flexibility index (Phi) is 7.99. The number of para-hydroxylation sites is 1. The van der Waals surface area contributed by atoms with E-state index in [0.29, 0.717) is 13.0 Å². The second-order valence-corrected chi connectivity index (χ2v) is 9.72. The lowest BCUT2D eigenvalue weighted by Crippen LogP contribution is -2.41. The summed E-state index contributed by atoms with van der Waals surface area (Å²) in [6.45, 7) is 4.61. The van der Waals surface area contributed by atoms with Gasteiger partial charge in [-0.3, -0.25) is 19.7 Å². The van der Waals surface area contributed by atoms with Gasteiger partial charge in [0.2, 0.25) is 5.91 Å². The molecule has 2 heterocycles. The zero-order valence-electron chi connectivity index (χ0n) is 21.0. The van der Waals surface area contributed by atoms with Gasteiger partial charge in [0.1, 0.15) is 0 Å². The van der Waals surface area contributed by atoms with Crippen molar-refractivity contribution in [3.8, 4) is 0 Å².